The molecule has 8 heteroatoms. The molecule has 0 saturated heterocycles. The van der Waals surface area contributed by atoms with E-state index in [0.29, 0.717) is 16.3 Å². The van der Waals surface area contributed by atoms with Gasteiger partial charge in [-0.25, -0.2) is 0 Å². The maximum absolute atomic E-state index is 13.1. The first-order valence-electron chi connectivity index (χ1n) is 7.69. The number of carbonyl (C=O) groups is 1. The normalized spacial score (nSPS) is 11.5. The fourth-order valence-electron chi connectivity index (χ4n) is 2.41. The molecule has 1 N–H and O–H groups in total. The summed E-state index contributed by atoms with van der Waals surface area (Å²) in [6, 6.07) is 11.3. The van der Waals surface area contributed by atoms with E-state index in [4.69, 9.17) is 27.6 Å². The first kappa shape index (κ1) is 19.3. The van der Waals surface area contributed by atoms with Crippen molar-refractivity contribution in [2.24, 2.45) is 0 Å². The Balaban J connectivity index is 1.86. The molecule has 3 aromatic rings. The van der Waals surface area contributed by atoms with Gasteiger partial charge in [-0.2, -0.15) is 13.2 Å². The summed E-state index contributed by atoms with van der Waals surface area (Å²) in [7, 11) is 0. The standard InChI is InChI=1S/C19H12Cl2F3NO2/c1-10-2-3-11(8-14(10)21)16-6-7-17(27-16)18(26)25-15-5-4-12(20)9-13(15)19(22,23)24/h2-9H,1H3,(H,25,26). The number of hydrogen-bond acceptors (Lipinski definition) is 2. The van der Waals surface area contributed by atoms with Gasteiger partial charge in [-0.3, -0.25) is 4.79 Å². The van der Waals surface area contributed by atoms with E-state index in [1.807, 2.05) is 6.92 Å². The third kappa shape index (κ3) is 4.28. The summed E-state index contributed by atoms with van der Waals surface area (Å²) in [4.78, 5) is 12.3. The topological polar surface area (TPSA) is 42.2 Å². The number of anilines is 1. The number of amides is 1. The SMILES string of the molecule is Cc1ccc(-c2ccc(C(=O)Nc3ccc(Cl)cc3C(F)(F)F)o2)cc1Cl. The van der Waals surface area contributed by atoms with Crippen LogP contribution in [-0.2, 0) is 6.18 Å². The van der Waals surface area contributed by atoms with Gasteiger partial charge in [0.05, 0.1) is 11.3 Å². The molecule has 0 spiro atoms. The lowest BCUT2D eigenvalue weighted by atomic mass is 10.1. The van der Waals surface area contributed by atoms with E-state index < -0.39 is 23.3 Å². The molecule has 3 rings (SSSR count). The molecule has 1 aromatic heterocycles. The van der Waals surface area contributed by atoms with Gasteiger partial charge in [-0.1, -0.05) is 35.3 Å². The van der Waals surface area contributed by atoms with Crippen LogP contribution in [0.1, 0.15) is 21.7 Å². The van der Waals surface area contributed by atoms with Crippen molar-refractivity contribution >= 4 is 34.8 Å². The largest absolute Gasteiger partial charge is 0.451 e. The summed E-state index contributed by atoms with van der Waals surface area (Å²) in [5.74, 6) is -0.578. The number of alkyl halides is 3. The Hall–Kier alpha value is -2.44. The summed E-state index contributed by atoms with van der Waals surface area (Å²) < 4.78 is 44.9. The molecule has 0 radical (unpaired) electrons. The van der Waals surface area contributed by atoms with Gasteiger partial charge >= 0.3 is 6.18 Å². The lowest BCUT2D eigenvalue weighted by Crippen LogP contribution is -2.16. The van der Waals surface area contributed by atoms with Crippen molar-refractivity contribution in [1.29, 1.82) is 0 Å². The summed E-state index contributed by atoms with van der Waals surface area (Å²) in [5, 5.41) is 2.66. The van der Waals surface area contributed by atoms with Crippen LogP contribution in [0.5, 0.6) is 0 Å². The maximum Gasteiger partial charge on any atom is 0.418 e. The predicted molar refractivity (Wildman–Crippen MR) is 98.3 cm³/mol. The lowest BCUT2D eigenvalue weighted by molar-refractivity contribution is -0.136. The average molecular weight is 414 g/mol. The number of nitrogens with one attached hydrogen (secondary N) is 1. The van der Waals surface area contributed by atoms with E-state index in [2.05, 4.69) is 5.32 Å². The molecule has 0 fully saturated rings. The predicted octanol–water partition coefficient (Wildman–Crippen LogP) is 6.83. The monoisotopic (exact) mass is 413 g/mol. The van der Waals surface area contributed by atoms with Crippen molar-refractivity contribution in [2.75, 3.05) is 5.32 Å². The second kappa shape index (κ2) is 7.29. The minimum absolute atomic E-state index is 0.0862. The number of carbonyl (C=O) groups excluding carboxylic acids is 1. The molecule has 140 valence electrons. The Morgan fingerprint density at radius 2 is 1.78 bits per heavy atom. The number of halogens is 5. The minimum Gasteiger partial charge on any atom is -0.451 e. The zero-order valence-corrected chi connectivity index (χ0v) is 15.3. The molecule has 27 heavy (non-hydrogen) atoms. The first-order valence-corrected chi connectivity index (χ1v) is 8.45. The molecule has 0 aliphatic heterocycles. The Bertz CT molecular complexity index is 1010. The molecule has 0 bridgehead atoms. The Labute approximate surface area is 162 Å². The van der Waals surface area contributed by atoms with Crippen LogP contribution < -0.4 is 5.32 Å². The lowest BCUT2D eigenvalue weighted by Gasteiger charge is -2.13. The highest BCUT2D eigenvalue weighted by Crippen LogP contribution is 2.37. The average Bonchev–Trinajstić information content (AvgIpc) is 3.08. The molecule has 0 unspecified atom stereocenters. The molecular formula is C19H12Cl2F3NO2. The molecule has 3 nitrogen and oxygen atoms in total. The Morgan fingerprint density at radius 3 is 2.44 bits per heavy atom. The van der Waals surface area contributed by atoms with Gasteiger partial charge in [0, 0.05) is 15.6 Å². The van der Waals surface area contributed by atoms with E-state index in [1.54, 1.807) is 24.3 Å². The van der Waals surface area contributed by atoms with Gasteiger partial charge in [-0.05, 0) is 48.9 Å². The Kier molecular flexibility index (Phi) is 5.22. The van der Waals surface area contributed by atoms with E-state index >= 15 is 0 Å². The zero-order valence-electron chi connectivity index (χ0n) is 13.8. The highest BCUT2D eigenvalue weighted by molar-refractivity contribution is 6.31. The number of hydrogen-bond donors (Lipinski definition) is 1. The van der Waals surface area contributed by atoms with Crippen LogP contribution in [-0.4, -0.2) is 5.91 Å². The summed E-state index contributed by atoms with van der Waals surface area (Å²) in [6.45, 7) is 1.84. The summed E-state index contributed by atoms with van der Waals surface area (Å²) in [5.41, 5.74) is 0.0770. The van der Waals surface area contributed by atoms with Crippen molar-refractivity contribution in [3.63, 3.8) is 0 Å². The van der Waals surface area contributed by atoms with Crippen LogP contribution in [0.25, 0.3) is 11.3 Å². The molecule has 1 amide bonds. The quantitative estimate of drug-likeness (QED) is 0.510. The van der Waals surface area contributed by atoms with Gasteiger partial charge < -0.3 is 9.73 Å². The molecular weight excluding hydrogens is 402 g/mol. The fourth-order valence-corrected chi connectivity index (χ4v) is 2.76. The van der Waals surface area contributed by atoms with E-state index in [0.717, 1.165) is 17.7 Å². The van der Waals surface area contributed by atoms with Gasteiger partial charge in [-0.15, -0.1) is 0 Å². The summed E-state index contributed by atoms with van der Waals surface area (Å²) in [6.07, 6.45) is -4.67. The highest BCUT2D eigenvalue weighted by atomic mass is 35.5. The van der Waals surface area contributed by atoms with Crippen LogP contribution in [0.2, 0.25) is 10.0 Å². The van der Waals surface area contributed by atoms with Gasteiger partial charge in [0.1, 0.15) is 5.76 Å². The van der Waals surface area contributed by atoms with Crippen LogP contribution >= 0.6 is 23.2 Å². The van der Waals surface area contributed by atoms with Crippen molar-refractivity contribution < 1.29 is 22.4 Å². The maximum atomic E-state index is 13.1. The second-order valence-electron chi connectivity index (χ2n) is 5.77. The van der Waals surface area contributed by atoms with Crippen molar-refractivity contribution in [3.05, 3.63) is 75.5 Å². The van der Waals surface area contributed by atoms with Crippen molar-refractivity contribution in [3.8, 4) is 11.3 Å². The van der Waals surface area contributed by atoms with Gasteiger partial charge in [0.25, 0.3) is 5.91 Å². The van der Waals surface area contributed by atoms with Gasteiger partial charge in [0.2, 0.25) is 0 Å². The fraction of sp³-hybridized carbons (Fsp3) is 0.105. The Morgan fingerprint density at radius 1 is 1.04 bits per heavy atom. The summed E-state index contributed by atoms with van der Waals surface area (Å²) >= 11 is 11.7. The van der Waals surface area contributed by atoms with Crippen molar-refractivity contribution in [1.82, 2.24) is 0 Å². The number of rotatable bonds is 3. The van der Waals surface area contributed by atoms with Crippen molar-refractivity contribution in [2.45, 2.75) is 13.1 Å². The van der Waals surface area contributed by atoms with E-state index in [9.17, 15) is 18.0 Å². The highest BCUT2D eigenvalue weighted by Gasteiger charge is 2.34. The minimum atomic E-state index is -4.67. The molecule has 2 aromatic carbocycles. The molecule has 0 atom stereocenters. The third-order valence-electron chi connectivity index (χ3n) is 3.82. The molecule has 0 aliphatic carbocycles. The van der Waals surface area contributed by atoms with Gasteiger partial charge in [0.15, 0.2) is 5.76 Å². The number of furan rings is 1. The number of aryl methyl sites for hydroxylation is 1. The molecule has 1 heterocycles. The number of benzene rings is 2. The van der Waals surface area contributed by atoms with Crippen LogP contribution in [0.3, 0.4) is 0 Å². The van der Waals surface area contributed by atoms with E-state index in [1.165, 1.54) is 12.1 Å². The smallest absolute Gasteiger partial charge is 0.418 e. The van der Waals surface area contributed by atoms with Crippen LogP contribution in [0, 0.1) is 6.92 Å². The van der Waals surface area contributed by atoms with E-state index in [-0.39, 0.29) is 10.8 Å². The molecule has 0 aliphatic rings. The second-order valence-corrected chi connectivity index (χ2v) is 6.61. The van der Waals surface area contributed by atoms with Crippen LogP contribution in [0.4, 0.5) is 18.9 Å². The third-order valence-corrected chi connectivity index (χ3v) is 4.46. The van der Waals surface area contributed by atoms with Crippen LogP contribution in [0.15, 0.2) is 52.9 Å². The first-order chi connectivity index (χ1) is 12.6. The molecule has 0 saturated carbocycles. The zero-order chi connectivity index (χ0) is 19.8.